The van der Waals surface area contributed by atoms with E-state index in [0.29, 0.717) is 12.0 Å². The Morgan fingerprint density at radius 3 is 2.88 bits per heavy atom. The van der Waals surface area contributed by atoms with Gasteiger partial charge in [-0.3, -0.25) is 0 Å². The Balaban J connectivity index is 1.87. The van der Waals surface area contributed by atoms with Crippen LogP contribution in [0.25, 0.3) is 0 Å². The van der Waals surface area contributed by atoms with Crippen LogP contribution in [-0.2, 0) is 0 Å². The molecule has 1 aliphatic heterocycles. The number of halogens is 1. The van der Waals surface area contributed by atoms with Crippen LogP contribution in [0.4, 0.5) is 11.9 Å². The lowest BCUT2D eigenvalue weighted by Crippen LogP contribution is -2.33. The van der Waals surface area contributed by atoms with Gasteiger partial charge in [0.25, 0.3) is 0 Å². The van der Waals surface area contributed by atoms with Gasteiger partial charge in [0, 0.05) is 19.1 Å². The SMILES string of the molecule is CCNc1nc(Cl)nc(N2CC3CCC2C3)n1. The molecule has 2 heterocycles. The van der Waals surface area contributed by atoms with Crippen molar-refractivity contribution in [3.63, 3.8) is 0 Å². The molecule has 6 heteroatoms. The number of piperidine rings is 1. The van der Waals surface area contributed by atoms with E-state index in [4.69, 9.17) is 11.6 Å². The summed E-state index contributed by atoms with van der Waals surface area (Å²) in [7, 11) is 0. The fourth-order valence-corrected chi connectivity index (χ4v) is 3.03. The summed E-state index contributed by atoms with van der Waals surface area (Å²) in [5.74, 6) is 2.12. The van der Waals surface area contributed by atoms with Gasteiger partial charge < -0.3 is 10.2 Å². The quantitative estimate of drug-likeness (QED) is 0.892. The van der Waals surface area contributed by atoms with Crippen molar-refractivity contribution < 1.29 is 0 Å². The van der Waals surface area contributed by atoms with Crippen molar-refractivity contribution in [3.8, 4) is 0 Å². The van der Waals surface area contributed by atoms with Gasteiger partial charge >= 0.3 is 0 Å². The third-order valence-corrected chi connectivity index (χ3v) is 3.77. The Hall–Kier alpha value is -1.10. The fourth-order valence-electron chi connectivity index (χ4n) is 2.87. The molecule has 1 aromatic heterocycles. The highest BCUT2D eigenvalue weighted by Crippen LogP contribution is 2.39. The molecule has 5 nitrogen and oxygen atoms in total. The maximum Gasteiger partial charge on any atom is 0.231 e. The van der Waals surface area contributed by atoms with Crippen molar-refractivity contribution in [3.05, 3.63) is 5.28 Å². The maximum absolute atomic E-state index is 5.94. The second-order valence-corrected chi connectivity index (χ2v) is 5.08. The Kier molecular flexibility index (Phi) is 2.78. The van der Waals surface area contributed by atoms with E-state index in [-0.39, 0.29) is 5.28 Å². The summed E-state index contributed by atoms with van der Waals surface area (Å²) in [6, 6.07) is 0.605. The van der Waals surface area contributed by atoms with Gasteiger partial charge in [-0.1, -0.05) is 0 Å². The lowest BCUT2D eigenvalue weighted by Gasteiger charge is -2.26. The largest absolute Gasteiger partial charge is 0.354 e. The molecule has 2 atom stereocenters. The number of rotatable bonds is 3. The molecule has 0 spiro atoms. The number of nitrogens with zero attached hydrogens (tertiary/aromatic N) is 4. The maximum atomic E-state index is 5.94. The van der Waals surface area contributed by atoms with Gasteiger partial charge in [-0.05, 0) is 43.7 Å². The van der Waals surface area contributed by atoms with Crippen LogP contribution in [0.1, 0.15) is 26.2 Å². The smallest absolute Gasteiger partial charge is 0.231 e. The van der Waals surface area contributed by atoms with Gasteiger partial charge in [-0.2, -0.15) is 15.0 Å². The first-order valence-electron chi connectivity index (χ1n) is 6.18. The van der Waals surface area contributed by atoms with Gasteiger partial charge in [0.15, 0.2) is 0 Å². The summed E-state index contributed by atoms with van der Waals surface area (Å²) in [5.41, 5.74) is 0. The van der Waals surface area contributed by atoms with Crippen LogP contribution in [0.3, 0.4) is 0 Å². The average Bonchev–Trinajstić information content (AvgIpc) is 2.90. The monoisotopic (exact) mass is 253 g/mol. The van der Waals surface area contributed by atoms with Crippen LogP contribution in [-0.4, -0.2) is 34.1 Å². The van der Waals surface area contributed by atoms with E-state index >= 15 is 0 Å². The highest BCUT2D eigenvalue weighted by atomic mass is 35.5. The number of aromatic nitrogens is 3. The van der Waals surface area contributed by atoms with Crippen molar-refractivity contribution in [1.29, 1.82) is 0 Å². The molecule has 0 amide bonds. The topological polar surface area (TPSA) is 53.9 Å². The van der Waals surface area contributed by atoms with E-state index in [1.54, 1.807) is 0 Å². The van der Waals surface area contributed by atoms with Crippen LogP contribution in [0, 0.1) is 5.92 Å². The molecule has 1 N–H and O–H groups in total. The lowest BCUT2D eigenvalue weighted by molar-refractivity contribution is 0.546. The molecule has 0 aromatic carbocycles. The predicted molar refractivity (Wildman–Crippen MR) is 67.5 cm³/mol. The highest BCUT2D eigenvalue weighted by Gasteiger charge is 2.39. The lowest BCUT2D eigenvalue weighted by atomic mass is 10.1. The van der Waals surface area contributed by atoms with E-state index in [2.05, 4.69) is 25.2 Å². The highest BCUT2D eigenvalue weighted by molar-refractivity contribution is 6.28. The molecule has 2 fully saturated rings. The number of anilines is 2. The molecule has 1 saturated heterocycles. The summed E-state index contributed by atoms with van der Waals surface area (Å²) >= 11 is 5.94. The van der Waals surface area contributed by atoms with Crippen molar-refractivity contribution in [1.82, 2.24) is 15.0 Å². The zero-order valence-corrected chi connectivity index (χ0v) is 10.6. The first-order chi connectivity index (χ1) is 8.26. The Morgan fingerprint density at radius 2 is 2.24 bits per heavy atom. The third-order valence-electron chi connectivity index (χ3n) is 3.60. The molecule has 17 heavy (non-hydrogen) atoms. The second-order valence-electron chi connectivity index (χ2n) is 4.74. The summed E-state index contributed by atoms with van der Waals surface area (Å²) in [5, 5.41) is 3.35. The van der Waals surface area contributed by atoms with E-state index in [0.717, 1.165) is 25.0 Å². The normalized spacial score (nSPS) is 26.6. The number of fused-ring (bicyclic) bond motifs is 2. The van der Waals surface area contributed by atoms with Gasteiger partial charge in [0.2, 0.25) is 17.2 Å². The third kappa shape index (κ3) is 2.04. The molecule has 2 aliphatic rings. The summed E-state index contributed by atoms with van der Waals surface area (Å²) < 4.78 is 0. The van der Waals surface area contributed by atoms with E-state index < -0.39 is 0 Å². The minimum absolute atomic E-state index is 0.272. The number of hydrogen-bond donors (Lipinski definition) is 1. The molecule has 1 aliphatic carbocycles. The van der Waals surface area contributed by atoms with E-state index in [9.17, 15) is 0 Å². The van der Waals surface area contributed by atoms with Crippen molar-refractivity contribution >= 4 is 23.5 Å². The van der Waals surface area contributed by atoms with Gasteiger partial charge in [-0.25, -0.2) is 0 Å². The molecule has 0 radical (unpaired) electrons. The Labute approximate surface area is 106 Å². The predicted octanol–water partition coefficient (Wildman–Crippen LogP) is 1.95. The van der Waals surface area contributed by atoms with Crippen LogP contribution in [0.5, 0.6) is 0 Å². The van der Waals surface area contributed by atoms with E-state index in [1.165, 1.54) is 19.3 Å². The van der Waals surface area contributed by atoms with E-state index in [1.807, 2.05) is 6.92 Å². The summed E-state index contributed by atoms with van der Waals surface area (Å²) in [6.07, 6.45) is 3.88. The van der Waals surface area contributed by atoms with Crippen LogP contribution < -0.4 is 10.2 Å². The fraction of sp³-hybridized carbons (Fsp3) is 0.727. The first-order valence-corrected chi connectivity index (χ1v) is 6.56. The Morgan fingerprint density at radius 1 is 1.35 bits per heavy atom. The molecule has 1 saturated carbocycles. The minimum atomic E-state index is 0.272. The van der Waals surface area contributed by atoms with Crippen molar-refractivity contribution in [2.45, 2.75) is 32.2 Å². The molecule has 92 valence electrons. The molecule has 2 bridgehead atoms. The Bertz CT molecular complexity index is 424. The first kappa shape index (κ1) is 11.0. The zero-order chi connectivity index (χ0) is 11.8. The molecular weight excluding hydrogens is 238 g/mol. The van der Waals surface area contributed by atoms with Gasteiger partial charge in [-0.15, -0.1) is 0 Å². The van der Waals surface area contributed by atoms with Crippen LogP contribution in [0.2, 0.25) is 5.28 Å². The summed E-state index contributed by atoms with van der Waals surface area (Å²) in [4.78, 5) is 15.0. The summed E-state index contributed by atoms with van der Waals surface area (Å²) in [6.45, 7) is 3.86. The van der Waals surface area contributed by atoms with Crippen LogP contribution >= 0.6 is 11.6 Å². The molecule has 3 rings (SSSR count). The molecule has 2 unspecified atom stereocenters. The van der Waals surface area contributed by atoms with Gasteiger partial charge in [0.1, 0.15) is 0 Å². The average molecular weight is 254 g/mol. The second kappa shape index (κ2) is 4.29. The molecular formula is C11H16ClN5. The molecule has 1 aromatic rings. The number of hydrogen-bond acceptors (Lipinski definition) is 5. The number of nitrogens with one attached hydrogen (secondary N) is 1. The zero-order valence-electron chi connectivity index (χ0n) is 9.86. The van der Waals surface area contributed by atoms with Crippen molar-refractivity contribution in [2.24, 2.45) is 5.92 Å². The van der Waals surface area contributed by atoms with Crippen LogP contribution in [0.15, 0.2) is 0 Å². The van der Waals surface area contributed by atoms with Gasteiger partial charge in [0.05, 0.1) is 0 Å². The minimum Gasteiger partial charge on any atom is -0.354 e. The standard InChI is InChI=1S/C11H16ClN5/c1-2-13-10-14-9(12)15-11(16-10)17-6-7-3-4-8(17)5-7/h7-8H,2-6H2,1H3,(H,13,14,15,16). The van der Waals surface area contributed by atoms with Crippen molar-refractivity contribution in [2.75, 3.05) is 23.3 Å².